The lowest BCUT2D eigenvalue weighted by molar-refractivity contribution is 0.476. The second-order valence-electron chi connectivity index (χ2n) is 3.07. The third-order valence-electron chi connectivity index (χ3n) is 2.02. The maximum atomic E-state index is 13.0. The molecule has 0 heterocycles. The quantitative estimate of drug-likeness (QED) is 0.590. The van der Waals surface area contributed by atoms with E-state index >= 15 is 0 Å². The standard InChI is InChI=1S/C10H12F3N/c11-8-4-5-9(12)10(13)7(8)3-1-2-6-14/h4-5H,1-3,6,14H2. The van der Waals surface area contributed by atoms with E-state index in [1.807, 2.05) is 0 Å². The van der Waals surface area contributed by atoms with Crippen LogP contribution in [0.3, 0.4) is 0 Å². The van der Waals surface area contributed by atoms with Crippen molar-refractivity contribution in [3.05, 3.63) is 35.1 Å². The molecule has 14 heavy (non-hydrogen) atoms. The van der Waals surface area contributed by atoms with Crippen LogP contribution in [0.1, 0.15) is 18.4 Å². The summed E-state index contributed by atoms with van der Waals surface area (Å²) in [7, 11) is 0. The van der Waals surface area contributed by atoms with Gasteiger partial charge < -0.3 is 5.73 Å². The number of halogens is 3. The van der Waals surface area contributed by atoms with Gasteiger partial charge in [0, 0.05) is 5.56 Å². The molecule has 0 saturated heterocycles. The summed E-state index contributed by atoms with van der Waals surface area (Å²) >= 11 is 0. The molecule has 4 heteroatoms. The number of hydrogen-bond acceptors (Lipinski definition) is 1. The minimum absolute atomic E-state index is 0.182. The molecule has 0 saturated carbocycles. The van der Waals surface area contributed by atoms with Gasteiger partial charge in [0.2, 0.25) is 0 Å². The molecule has 2 N–H and O–H groups in total. The van der Waals surface area contributed by atoms with E-state index in [0.717, 1.165) is 12.1 Å². The van der Waals surface area contributed by atoms with Gasteiger partial charge in [0.05, 0.1) is 0 Å². The molecular weight excluding hydrogens is 191 g/mol. The number of rotatable bonds is 4. The molecule has 0 spiro atoms. The van der Waals surface area contributed by atoms with Gasteiger partial charge in [-0.15, -0.1) is 0 Å². The third-order valence-corrected chi connectivity index (χ3v) is 2.02. The van der Waals surface area contributed by atoms with Crippen LogP contribution in [0.25, 0.3) is 0 Å². The number of hydrogen-bond donors (Lipinski definition) is 1. The van der Waals surface area contributed by atoms with E-state index in [1.54, 1.807) is 0 Å². The fourth-order valence-corrected chi connectivity index (χ4v) is 1.24. The molecular formula is C10H12F3N. The van der Waals surface area contributed by atoms with Crippen LogP contribution in [0.2, 0.25) is 0 Å². The van der Waals surface area contributed by atoms with Gasteiger partial charge in [0.25, 0.3) is 0 Å². The van der Waals surface area contributed by atoms with E-state index in [4.69, 9.17) is 5.73 Å². The van der Waals surface area contributed by atoms with Crippen molar-refractivity contribution >= 4 is 0 Å². The molecule has 0 aliphatic carbocycles. The largest absolute Gasteiger partial charge is 0.330 e. The lowest BCUT2D eigenvalue weighted by Gasteiger charge is -2.04. The molecule has 1 rings (SSSR count). The van der Waals surface area contributed by atoms with Crippen LogP contribution in [-0.2, 0) is 6.42 Å². The molecule has 1 aromatic carbocycles. The highest BCUT2D eigenvalue weighted by molar-refractivity contribution is 5.21. The first-order chi connectivity index (χ1) is 6.66. The fourth-order valence-electron chi connectivity index (χ4n) is 1.24. The highest BCUT2D eigenvalue weighted by Gasteiger charge is 2.12. The first-order valence-electron chi connectivity index (χ1n) is 4.49. The number of unbranched alkanes of at least 4 members (excludes halogenated alkanes) is 1. The van der Waals surface area contributed by atoms with Gasteiger partial charge in [-0.1, -0.05) is 0 Å². The normalized spacial score (nSPS) is 10.6. The summed E-state index contributed by atoms with van der Waals surface area (Å²) in [5.74, 6) is -2.78. The van der Waals surface area contributed by atoms with Crippen molar-refractivity contribution in [2.24, 2.45) is 5.73 Å². The van der Waals surface area contributed by atoms with Crippen molar-refractivity contribution in [2.45, 2.75) is 19.3 Å². The molecule has 0 aromatic heterocycles. The van der Waals surface area contributed by atoms with E-state index < -0.39 is 17.5 Å². The van der Waals surface area contributed by atoms with Gasteiger partial charge in [-0.3, -0.25) is 0 Å². The minimum Gasteiger partial charge on any atom is -0.330 e. The SMILES string of the molecule is NCCCCc1c(F)ccc(F)c1F. The highest BCUT2D eigenvalue weighted by Crippen LogP contribution is 2.17. The first kappa shape index (κ1) is 11.0. The minimum atomic E-state index is -1.08. The summed E-state index contributed by atoms with van der Waals surface area (Å²) in [4.78, 5) is 0. The molecule has 0 amide bonds. The number of benzene rings is 1. The van der Waals surface area contributed by atoms with Crippen LogP contribution in [0.5, 0.6) is 0 Å². The lowest BCUT2D eigenvalue weighted by atomic mass is 10.1. The summed E-state index contributed by atoms with van der Waals surface area (Å²) in [6.07, 6.45) is 1.43. The van der Waals surface area contributed by atoms with Crippen LogP contribution < -0.4 is 5.73 Å². The molecule has 0 fully saturated rings. The maximum Gasteiger partial charge on any atom is 0.164 e. The molecule has 0 bridgehead atoms. The molecule has 78 valence electrons. The maximum absolute atomic E-state index is 13.0. The molecule has 0 unspecified atom stereocenters. The topological polar surface area (TPSA) is 26.0 Å². The monoisotopic (exact) mass is 203 g/mol. The van der Waals surface area contributed by atoms with Crippen LogP contribution in [0.4, 0.5) is 13.2 Å². The Morgan fingerprint density at radius 3 is 2.29 bits per heavy atom. The molecule has 0 aliphatic heterocycles. The van der Waals surface area contributed by atoms with Gasteiger partial charge >= 0.3 is 0 Å². The van der Waals surface area contributed by atoms with E-state index in [-0.39, 0.29) is 12.0 Å². The van der Waals surface area contributed by atoms with E-state index in [9.17, 15) is 13.2 Å². The molecule has 0 radical (unpaired) electrons. The van der Waals surface area contributed by atoms with E-state index in [0.29, 0.717) is 19.4 Å². The average molecular weight is 203 g/mol. The predicted octanol–water partition coefficient (Wildman–Crippen LogP) is 2.39. The zero-order valence-corrected chi connectivity index (χ0v) is 7.69. The number of nitrogens with two attached hydrogens (primary N) is 1. The second-order valence-corrected chi connectivity index (χ2v) is 3.07. The van der Waals surface area contributed by atoms with Crippen LogP contribution in [-0.4, -0.2) is 6.54 Å². The van der Waals surface area contributed by atoms with E-state index in [2.05, 4.69) is 0 Å². The van der Waals surface area contributed by atoms with Gasteiger partial charge in [0.15, 0.2) is 11.6 Å². The van der Waals surface area contributed by atoms with Crippen molar-refractivity contribution in [3.8, 4) is 0 Å². The average Bonchev–Trinajstić information content (AvgIpc) is 2.18. The Morgan fingerprint density at radius 1 is 1.00 bits per heavy atom. The Morgan fingerprint density at radius 2 is 1.64 bits per heavy atom. The zero-order chi connectivity index (χ0) is 10.6. The Hall–Kier alpha value is -1.03. The smallest absolute Gasteiger partial charge is 0.164 e. The van der Waals surface area contributed by atoms with Crippen molar-refractivity contribution in [3.63, 3.8) is 0 Å². The Kier molecular flexibility index (Phi) is 3.95. The van der Waals surface area contributed by atoms with Gasteiger partial charge in [-0.2, -0.15) is 0 Å². The zero-order valence-electron chi connectivity index (χ0n) is 7.69. The summed E-state index contributed by atoms with van der Waals surface area (Å²) in [5, 5.41) is 0. The Bertz CT molecular complexity index is 312. The summed E-state index contributed by atoms with van der Waals surface area (Å²) in [5.41, 5.74) is 5.06. The van der Waals surface area contributed by atoms with Crippen molar-refractivity contribution in [1.29, 1.82) is 0 Å². The Labute approximate surface area is 80.7 Å². The second kappa shape index (κ2) is 5.00. The molecule has 0 atom stereocenters. The summed E-state index contributed by atoms with van der Waals surface area (Å²) in [6, 6.07) is 1.73. The lowest BCUT2D eigenvalue weighted by Crippen LogP contribution is -2.02. The predicted molar refractivity (Wildman–Crippen MR) is 48.3 cm³/mol. The van der Waals surface area contributed by atoms with Gasteiger partial charge in [-0.25, -0.2) is 13.2 Å². The van der Waals surface area contributed by atoms with Crippen molar-refractivity contribution < 1.29 is 13.2 Å². The fraction of sp³-hybridized carbons (Fsp3) is 0.400. The first-order valence-corrected chi connectivity index (χ1v) is 4.49. The highest BCUT2D eigenvalue weighted by atomic mass is 19.2. The van der Waals surface area contributed by atoms with Gasteiger partial charge in [-0.05, 0) is 37.9 Å². The molecule has 1 aromatic rings. The van der Waals surface area contributed by atoms with Crippen LogP contribution >= 0.6 is 0 Å². The van der Waals surface area contributed by atoms with E-state index in [1.165, 1.54) is 0 Å². The molecule has 0 aliphatic rings. The summed E-state index contributed by atoms with van der Waals surface area (Å²) < 4.78 is 38.8. The van der Waals surface area contributed by atoms with Crippen molar-refractivity contribution in [1.82, 2.24) is 0 Å². The molecule has 1 nitrogen and oxygen atoms in total. The third kappa shape index (κ3) is 2.48. The van der Waals surface area contributed by atoms with Crippen LogP contribution in [0, 0.1) is 17.5 Å². The summed E-state index contributed by atoms with van der Waals surface area (Å²) in [6.45, 7) is 0.471. The van der Waals surface area contributed by atoms with Crippen molar-refractivity contribution in [2.75, 3.05) is 6.54 Å². The van der Waals surface area contributed by atoms with Crippen LogP contribution in [0.15, 0.2) is 12.1 Å². The van der Waals surface area contributed by atoms with Gasteiger partial charge in [0.1, 0.15) is 5.82 Å². The Balaban J connectivity index is 2.79.